The maximum Gasteiger partial charge on any atom is 0.0624 e. The van der Waals surface area contributed by atoms with Gasteiger partial charge >= 0.3 is 0 Å². The Morgan fingerprint density at radius 1 is 1.33 bits per heavy atom. The van der Waals surface area contributed by atoms with Gasteiger partial charge in [0.1, 0.15) is 0 Å². The van der Waals surface area contributed by atoms with Crippen molar-refractivity contribution in [3.63, 3.8) is 0 Å². The Bertz CT molecular complexity index is 542. The van der Waals surface area contributed by atoms with Gasteiger partial charge in [0, 0.05) is 0 Å². The van der Waals surface area contributed by atoms with Crippen LogP contribution in [-0.4, -0.2) is 11.7 Å². The minimum absolute atomic E-state index is 0.0472. The average molecular weight is 284 g/mol. The number of allylic oxidation sites excluding steroid dienone is 7. The summed E-state index contributed by atoms with van der Waals surface area (Å²) in [5.74, 6) is 6.04. The van der Waals surface area contributed by atoms with Crippen LogP contribution in [0.5, 0.6) is 0 Å². The van der Waals surface area contributed by atoms with Gasteiger partial charge in [0.25, 0.3) is 0 Å². The summed E-state index contributed by atoms with van der Waals surface area (Å²) < 4.78 is 0. The smallest absolute Gasteiger partial charge is 0.0624 e. The summed E-state index contributed by atoms with van der Waals surface area (Å²) >= 11 is 0. The molecule has 0 aromatic rings. The molecule has 0 saturated heterocycles. The molecule has 0 aromatic carbocycles. The molecule has 1 N–H and O–H groups in total. The van der Waals surface area contributed by atoms with Gasteiger partial charge in [-0.2, -0.15) is 0 Å². The average Bonchev–Trinajstić information content (AvgIpc) is 2.37. The monoisotopic (exact) mass is 284 g/mol. The van der Waals surface area contributed by atoms with Crippen LogP contribution >= 0.6 is 0 Å². The highest BCUT2D eigenvalue weighted by molar-refractivity contribution is 5.39. The molecule has 1 aliphatic carbocycles. The molecular weight excluding hydrogens is 256 g/mol. The van der Waals surface area contributed by atoms with Crippen molar-refractivity contribution in [2.75, 3.05) is 6.61 Å². The van der Waals surface area contributed by atoms with E-state index in [9.17, 15) is 0 Å². The van der Waals surface area contributed by atoms with Crippen molar-refractivity contribution in [1.82, 2.24) is 0 Å². The normalized spacial score (nSPS) is 19.7. The quantitative estimate of drug-likeness (QED) is 0.574. The summed E-state index contributed by atoms with van der Waals surface area (Å²) in [6.45, 7) is 10.9. The molecule has 0 aliphatic heterocycles. The molecule has 21 heavy (non-hydrogen) atoms. The number of hydrogen-bond donors (Lipinski definition) is 1. The highest BCUT2D eigenvalue weighted by Crippen LogP contribution is 2.40. The Morgan fingerprint density at radius 2 is 2.05 bits per heavy atom. The zero-order valence-corrected chi connectivity index (χ0v) is 14.1. The van der Waals surface area contributed by atoms with Crippen molar-refractivity contribution >= 4 is 0 Å². The van der Waals surface area contributed by atoms with Crippen LogP contribution in [0.25, 0.3) is 0 Å². The van der Waals surface area contributed by atoms with Gasteiger partial charge in [-0.25, -0.2) is 0 Å². The van der Waals surface area contributed by atoms with E-state index >= 15 is 0 Å². The van der Waals surface area contributed by atoms with Gasteiger partial charge in [0.15, 0.2) is 0 Å². The van der Waals surface area contributed by atoms with Crippen LogP contribution in [0.15, 0.2) is 46.6 Å². The van der Waals surface area contributed by atoms with Crippen LogP contribution in [0.3, 0.4) is 0 Å². The van der Waals surface area contributed by atoms with E-state index in [0.29, 0.717) is 0 Å². The van der Waals surface area contributed by atoms with Gasteiger partial charge in [-0.3, -0.25) is 0 Å². The first-order chi connectivity index (χ1) is 9.86. The molecule has 0 bridgehead atoms. The summed E-state index contributed by atoms with van der Waals surface area (Å²) in [5.41, 5.74) is 5.33. The Morgan fingerprint density at radius 3 is 2.67 bits per heavy atom. The van der Waals surface area contributed by atoms with Gasteiger partial charge in [-0.1, -0.05) is 43.4 Å². The number of hydrogen-bond acceptors (Lipinski definition) is 1. The lowest BCUT2D eigenvalue weighted by Gasteiger charge is -2.32. The summed E-state index contributed by atoms with van der Waals surface area (Å²) in [7, 11) is 0. The molecule has 0 heterocycles. The van der Waals surface area contributed by atoms with Crippen LogP contribution < -0.4 is 0 Å². The summed E-state index contributed by atoms with van der Waals surface area (Å²) in [4.78, 5) is 0. The Kier molecular flexibility index (Phi) is 6.72. The molecule has 0 amide bonds. The van der Waals surface area contributed by atoms with E-state index in [2.05, 4.69) is 51.7 Å². The molecular formula is C20H28O. The van der Waals surface area contributed by atoms with Crippen LogP contribution in [-0.2, 0) is 0 Å². The largest absolute Gasteiger partial charge is 0.392 e. The second-order valence-corrected chi connectivity index (χ2v) is 6.49. The SMILES string of the molecule is CC1=C(/C=C/C(C)=C/C#C/C(C)=C/CO)C(C)(C)CCC1. The van der Waals surface area contributed by atoms with Crippen molar-refractivity contribution in [3.8, 4) is 11.8 Å². The molecule has 1 rings (SSSR count). The first-order valence-corrected chi connectivity index (χ1v) is 7.71. The van der Waals surface area contributed by atoms with Gasteiger partial charge in [-0.05, 0) is 74.3 Å². The molecule has 0 atom stereocenters. The third kappa shape index (κ3) is 5.78. The van der Waals surface area contributed by atoms with Crippen molar-refractivity contribution in [2.24, 2.45) is 5.41 Å². The van der Waals surface area contributed by atoms with Gasteiger partial charge in [0.05, 0.1) is 6.61 Å². The molecule has 0 radical (unpaired) electrons. The summed E-state index contributed by atoms with van der Waals surface area (Å²) in [5, 5.41) is 8.77. The maximum atomic E-state index is 8.77. The van der Waals surface area contributed by atoms with Crippen LogP contribution in [0, 0.1) is 17.3 Å². The molecule has 0 aromatic heterocycles. The highest BCUT2D eigenvalue weighted by atomic mass is 16.2. The van der Waals surface area contributed by atoms with Gasteiger partial charge in [0.2, 0.25) is 0 Å². The van der Waals surface area contributed by atoms with E-state index in [4.69, 9.17) is 5.11 Å². The van der Waals surface area contributed by atoms with Gasteiger partial charge < -0.3 is 5.11 Å². The summed E-state index contributed by atoms with van der Waals surface area (Å²) in [6.07, 6.45) is 11.8. The second-order valence-electron chi connectivity index (χ2n) is 6.49. The van der Waals surface area contributed by atoms with E-state index in [1.54, 1.807) is 6.08 Å². The van der Waals surface area contributed by atoms with E-state index in [1.807, 2.05) is 13.0 Å². The van der Waals surface area contributed by atoms with Crippen molar-refractivity contribution < 1.29 is 5.11 Å². The van der Waals surface area contributed by atoms with Crippen molar-refractivity contribution in [1.29, 1.82) is 0 Å². The minimum atomic E-state index is 0.0472. The third-order valence-corrected chi connectivity index (χ3v) is 4.02. The third-order valence-electron chi connectivity index (χ3n) is 4.02. The van der Waals surface area contributed by atoms with Crippen molar-refractivity contribution in [3.05, 3.63) is 46.6 Å². The molecule has 1 heteroatoms. The molecule has 114 valence electrons. The predicted octanol–water partition coefficient (Wildman–Crippen LogP) is 4.96. The van der Waals surface area contributed by atoms with Crippen LogP contribution in [0.4, 0.5) is 0 Å². The Balaban J connectivity index is 2.82. The Labute approximate surface area is 130 Å². The standard InChI is InChI=1S/C20H28O/c1-16(8-6-9-17(2)13-15-21)11-12-19-18(3)10-7-14-20(19,4)5/h8,11-13,21H,7,10,14-15H2,1-5H3/b12-11+,16-8+,17-13+. The van der Waals surface area contributed by atoms with Gasteiger partial charge in [-0.15, -0.1) is 0 Å². The molecule has 0 saturated carbocycles. The summed E-state index contributed by atoms with van der Waals surface area (Å²) in [6, 6.07) is 0. The molecule has 0 spiro atoms. The fourth-order valence-electron chi connectivity index (χ4n) is 2.72. The zero-order valence-electron chi connectivity index (χ0n) is 14.1. The van der Waals surface area contributed by atoms with E-state index < -0.39 is 0 Å². The maximum absolute atomic E-state index is 8.77. The second kappa shape index (κ2) is 8.05. The van der Waals surface area contributed by atoms with E-state index in [-0.39, 0.29) is 12.0 Å². The van der Waals surface area contributed by atoms with Crippen LogP contribution in [0.1, 0.15) is 53.9 Å². The topological polar surface area (TPSA) is 20.2 Å². The van der Waals surface area contributed by atoms with Crippen LogP contribution in [0.2, 0.25) is 0 Å². The van der Waals surface area contributed by atoms with E-state index in [1.165, 1.54) is 30.4 Å². The minimum Gasteiger partial charge on any atom is -0.392 e. The zero-order chi connectivity index (χ0) is 15.9. The van der Waals surface area contributed by atoms with E-state index in [0.717, 1.165) is 11.1 Å². The first kappa shape index (κ1) is 17.5. The van der Waals surface area contributed by atoms with Crippen molar-refractivity contribution in [2.45, 2.75) is 53.9 Å². The fraction of sp³-hybridized carbons (Fsp3) is 0.500. The fourth-order valence-corrected chi connectivity index (χ4v) is 2.72. The molecule has 1 aliphatic rings. The lowest BCUT2D eigenvalue weighted by Crippen LogP contribution is -2.19. The lowest BCUT2D eigenvalue weighted by molar-refractivity contribution is 0.342. The number of rotatable bonds is 3. The highest BCUT2D eigenvalue weighted by Gasteiger charge is 2.26. The number of aliphatic hydroxyl groups excluding tert-OH is 1. The Hall–Kier alpha value is -1.52. The molecule has 0 fully saturated rings. The number of aliphatic hydroxyl groups is 1. The predicted molar refractivity (Wildman–Crippen MR) is 91.8 cm³/mol. The first-order valence-electron chi connectivity index (χ1n) is 7.71. The molecule has 1 nitrogen and oxygen atoms in total. The lowest BCUT2D eigenvalue weighted by atomic mass is 9.72. The molecule has 0 unspecified atom stereocenters.